The first kappa shape index (κ1) is 17.6. The largest absolute Gasteiger partial charge is 0.345 e. The number of fused-ring (bicyclic) bond motifs is 1. The van der Waals surface area contributed by atoms with Crippen LogP contribution in [0.25, 0.3) is 10.1 Å². The van der Waals surface area contributed by atoms with E-state index in [2.05, 4.69) is 5.32 Å². The van der Waals surface area contributed by atoms with E-state index in [1.54, 1.807) is 24.3 Å². The molecule has 1 atom stereocenters. The monoisotopic (exact) mass is 373 g/mol. The van der Waals surface area contributed by atoms with Crippen LogP contribution in [0.1, 0.15) is 33.8 Å². The van der Waals surface area contributed by atoms with E-state index < -0.39 is 9.84 Å². The number of thiophene rings is 1. The molecule has 1 amide bonds. The highest BCUT2D eigenvalue weighted by molar-refractivity contribution is 7.90. The average Bonchev–Trinajstić information content (AvgIpc) is 2.91. The van der Waals surface area contributed by atoms with Crippen molar-refractivity contribution in [3.8, 4) is 0 Å². The molecule has 0 fully saturated rings. The summed E-state index contributed by atoms with van der Waals surface area (Å²) in [6.45, 7) is 3.84. The van der Waals surface area contributed by atoms with Crippen LogP contribution in [0, 0.1) is 6.92 Å². The summed E-state index contributed by atoms with van der Waals surface area (Å²) < 4.78 is 24.2. The van der Waals surface area contributed by atoms with Gasteiger partial charge in [-0.2, -0.15) is 0 Å². The van der Waals surface area contributed by atoms with E-state index in [4.69, 9.17) is 0 Å². The molecule has 0 spiro atoms. The van der Waals surface area contributed by atoms with Gasteiger partial charge in [0.05, 0.1) is 15.8 Å². The Hall–Kier alpha value is -2.18. The molecule has 130 valence electrons. The number of rotatable bonds is 4. The topological polar surface area (TPSA) is 63.2 Å². The number of hydrogen-bond donors (Lipinski definition) is 1. The Bertz CT molecular complexity index is 1030. The maximum Gasteiger partial charge on any atom is 0.262 e. The minimum atomic E-state index is -3.22. The number of aryl methyl sites for hydroxylation is 1. The Morgan fingerprint density at radius 1 is 1.08 bits per heavy atom. The van der Waals surface area contributed by atoms with Crippen molar-refractivity contribution in [2.45, 2.75) is 24.8 Å². The van der Waals surface area contributed by atoms with Crippen LogP contribution in [0.2, 0.25) is 0 Å². The van der Waals surface area contributed by atoms with Gasteiger partial charge in [-0.1, -0.05) is 30.3 Å². The van der Waals surface area contributed by atoms with E-state index in [-0.39, 0.29) is 16.8 Å². The van der Waals surface area contributed by atoms with Crippen LogP contribution in [0.3, 0.4) is 0 Å². The second-order valence-electron chi connectivity index (χ2n) is 6.09. The summed E-state index contributed by atoms with van der Waals surface area (Å²) in [6.07, 6.45) is 1.18. The summed E-state index contributed by atoms with van der Waals surface area (Å²) >= 11 is 1.48. The highest BCUT2D eigenvalue weighted by Gasteiger charge is 2.18. The van der Waals surface area contributed by atoms with Gasteiger partial charge >= 0.3 is 0 Å². The molecule has 25 heavy (non-hydrogen) atoms. The molecule has 0 aliphatic rings. The first-order valence-electron chi connectivity index (χ1n) is 7.86. The van der Waals surface area contributed by atoms with Gasteiger partial charge in [-0.25, -0.2) is 8.42 Å². The van der Waals surface area contributed by atoms with Gasteiger partial charge < -0.3 is 5.32 Å². The van der Waals surface area contributed by atoms with Crippen molar-refractivity contribution < 1.29 is 13.2 Å². The van der Waals surface area contributed by atoms with Crippen LogP contribution in [-0.2, 0) is 9.84 Å². The third-order valence-electron chi connectivity index (χ3n) is 4.21. The lowest BCUT2D eigenvalue weighted by Crippen LogP contribution is -2.26. The summed E-state index contributed by atoms with van der Waals surface area (Å²) in [5.41, 5.74) is 1.84. The minimum Gasteiger partial charge on any atom is -0.345 e. The Morgan fingerprint density at radius 2 is 1.72 bits per heavy atom. The number of sulfone groups is 1. The zero-order chi connectivity index (χ0) is 18.2. The Morgan fingerprint density at radius 3 is 2.32 bits per heavy atom. The van der Waals surface area contributed by atoms with E-state index >= 15 is 0 Å². The third-order valence-corrected chi connectivity index (χ3v) is 6.61. The van der Waals surface area contributed by atoms with Crippen molar-refractivity contribution in [3.63, 3.8) is 0 Å². The summed E-state index contributed by atoms with van der Waals surface area (Å²) in [7, 11) is -3.22. The highest BCUT2D eigenvalue weighted by atomic mass is 32.2. The lowest BCUT2D eigenvalue weighted by Gasteiger charge is -2.14. The Labute approximate surface area is 151 Å². The Balaban J connectivity index is 1.81. The number of nitrogens with one attached hydrogen (secondary N) is 1. The van der Waals surface area contributed by atoms with Gasteiger partial charge in [0.1, 0.15) is 0 Å². The summed E-state index contributed by atoms with van der Waals surface area (Å²) in [5, 5.41) is 4.09. The fourth-order valence-electron chi connectivity index (χ4n) is 2.74. The van der Waals surface area contributed by atoms with E-state index in [0.29, 0.717) is 4.88 Å². The molecule has 0 saturated heterocycles. The SMILES string of the molecule is Cc1c(C(=O)N[C@@H](C)c2ccc(S(C)(=O)=O)cc2)sc2ccccc12. The summed E-state index contributed by atoms with van der Waals surface area (Å²) in [5.74, 6) is -0.113. The van der Waals surface area contributed by atoms with E-state index in [9.17, 15) is 13.2 Å². The quantitative estimate of drug-likeness (QED) is 0.749. The van der Waals surface area contributed by atoms with Gasteiger partial charge in [-0.3, -0.25) is 4.79 Å². The molecule has 1 aromatic heterocycles. The molecular formula is C19H19NO3S2. The second-order valence-corrected chi connectivity index (χ2v) is 9.16. The lowest BCUT2D eigenvalue weighted by atomic mass is 10.1. The van der Waals surface area contributed by atoms with Crippen LogP contribution >= 0.6 is 11.3 Å². The molecule has 2 aromatic carbocycles. The van der Waals surface area contributed by atoms with Crippen LogP contribution in [0.4, 0.5) is 0 Å². The smallest absolute Gasteiger partial charge is 0.262 e. The van der Waals surface area contributed by atoms with Gasteiger partial charge in [0.25, 0.3) is 5.91 Å². The molecule has 0 bridgehead atoms. The van der Waals surface area contributed by atoms with Crippen molar-refractivity contribution in [1.82, 2.24) is 5.32 Å². The number of hydrogen-bond acceptors (Lipinski definition) is 4. The number of benzene rings is 2. The molecule has 1 N–H and O–H groups in total. The maximum absolute atomic E-state index is 12.6. The van der Waals surface area contributed by atoms with Gasteiger partial charge in [0, 0.05) is 11.0 Å². The van der Waals surface area contributed by atoms with Crippen LogP contribution in [-0.4, -0.2) is 20.6 Å². The molecule has 0 aliphatic heterocycles. The zero-order valence-corrected chi connectivity index (χ0v) is 15.9. The predicted octanol–water partition coefficient (Wildman–Crippen LogP) is 4.10. The van der Waals surface area contributed by atoms with Crippen molar-refractivity contribution in [2.75, 3.05) is 6.26 Å². The molecule has 0 radical (unpaired) electrons. The summed E-state index contributed by atoms with van der Waals surface area (Å²) in [4.78, 5) is 13.6. The van der Waals surface area contributed by atoms with Gasteiger partial charge in [-0.05, 0) is 48.6 Å². The van der Waals surface area contributed by atoms with Crippen molar-refractivity contribution in [1.29, 1.82) is 0 Å². The molecule has 0 saturated carbocycles. The molecule has 6 heteroatoms. The van der Waals surface area contributed by atoms with Crippen LogP contribution in [0.15, 0.2) is 53.4 Å². The first-order chi connectivity index (χ1) is 11.8. The molecule has 3 rings (SSSR count). The van der Waals surface area contributed by atoms with Crippen molar-refractivity contribution in [2.24, 2.45) is 0 Å². The fraction of sp³-hybridized carbons (Fsp3) is 0.211. The predicted molar refractivity (Wildman–Crippen MR) is 102 cm³/mol. The maximum atomic E-state index is 12.6. The number of carbonyl (C=O) groups is 1. The normalized spacial score (nSPS) is 12.9. The standard InChI is InChI=1S/C19H19NO3S2/c1-12-16-6-4-5-7-17(16)24-18(12)19(21)20-13(2)14-8-10-15(11-9-14)25(3,22)23/h4-11,13H,1-3H3,(H,20,21)/t13-/m0/s1. The lowest BCUT2D eigenvalue weighted by molar-refractivity contribution is 0.0943. The molecule has 0 aliphatic carbocycles. The van der Waals surface area contributed by atoms with E-state index in [1.165, 1.54) is 17.6 Å². The Kier molecular flexibility index (Phi) is 4.67. The van der Waals surface area contributed by atoms with Crippen LogP contribution in [0.5, 0.6) is 0 Å². The fourth-order valence-corrected chi connectivity index (χ4v) is 4.48. The number of carbonyl (C=O) groups excluding carboxylic acids is 1. The molecular weight excluding hydrogens is 354 g/mol. The molecule has 4 nitrogen and oxygen atoms in total. The number of amides is 1. The van der Waals surface area contributed by atoms with Crippen molar-refractivity contribution in [3.05, 3.63) is 64.5 Å². The average molecular weight is 373 g/mol. The van der Waals surface area contributed by atoms with Crippen LogP contribution < -0.4 is 5.32 Å². The molecule has 3 aromatic rings. The van der Waals surface area contributed by atoms with Gasteiger partial charge in [0.15, 0.2) is 9.84 Å². The first-order valence-corrected chi connectivity index (χ1v) is 10.6. The highest BCUT2D eigenvalue weighted by Crippen LogP contribution is 2.31. The van der Waals surface area contributed by atoms with Gasteiger partial charge in [-0.15, -0.1) is 11.3 Å². The summed E-state index contributed by atoms with van der Waals surface area (Å²) in [6, 6.07) is 14.4. The van der Waals surface area contributed by atoms with E-state index in [0.717, 1.165) is 21.2 Å². The molecule has 1 heterocycles. The van der Waals surface area contributed by atoms with Gasteiger partial charge in [0.2, 0.25) is 0 Å². The zero-order valence-electron chi connectivity index (χ0n) is 14.2. The van der Waals surface area contributed by atoms with Crippen molar-refractivity contribution >= 4 is 37.2 Å². The molecule has 0 unspecified atom stereocenters. The van der Waals surface area contributed by atoms with E-state index in [1.807, 2.05) is 38.1 Å². The minimum absolute atomic E-state index is 0.113. The second kappa shape index (κ2) is 6.61. The third kappa shape index (κ3) is 3.60.